The second kappa shape index (κ2) is 5.57. The zero-order chi connectivity index (χ0) is 14.0. The second-order valence-corrected chi connectivity index (χ2v) is 5.19. The highest BCUT2D eigenvalue weighted by molar-refractivity contribution is 9.10. The fourth-order valence-electron chi connectivity index (χ4n) is 1.96. The molecule has 0 radical (unpaired) electrons. The van der Waals surface area contributed by atoms with Crippen LogP contribution in [-0.2, 0) is 9.53 Å². The lowest BCUT2D eigenvalue weighted by Crippen LogP contribution is -2.03. The molecule has 1 aliphatic carbocycles. The Labute approximate surface area is 120 Å². The van der Waals surface area contributed by atoms with E-state index in [-0.39, 0.29) is 11.8 Å². The van der Waals surface area contributed by atoms with Crippen molar-refractivity contribution in [2.75, 3.05) is 12.4 Å². The first-order valence-corrected chi connectivity index (χ1v) is 6.70. The number of methoxy groups -OCH3 is 1. The SMILES string of the molecule is COC(=O)c1ccc(NC2=C(C)C(=O)CC2)c(Br)c1. The van der Waals surface area contributed by atoms with Gasteiger partial charge in [-0.1, -0.05) is 0 Å². The Morgan fingerprint density at radius 3 is 2.63 bits per heavy atom. The molecule has 0 saturated carbocycles. The Morgan fingerprint density at radius 1 is 1.37 bits per heavy atom. The van der Waals surface area contributed by atoms with E-state index in [4.69, 9.17) is 0 Å². The second-order valence-electron chi connectivity index (χ2n) is 4.34. The van der Waals surface area contributed by atoms with Crippen LogP contribution < -0.4 is 5.32 Å². The van der Waals surface area contributed by atoms with E-state index in [0.29, 0.717) is 12.0 Å². The third kappa shape index (κ3) is 2.87. The topological polar surface area (TPSA) is 55.4 Å². The lowest BCUT2D eigenvalue weighted by Gasteiger charge is -2.11. The Hall–Kier alpha value is -1.62. The van der Waals surface area contributed by atoms with E-state index in [9.17, 15) is 9.59 Å². The van der Waals surface area contributed by atoms with Crippen molar-refractivity contribution < 1.29 is 14.3 Å². The van der Waals surface area contributed by atoms with Gasteiger partial charge in [0.15, 0.2) is 5.78 Å². The molecular weight excluding hydrogens is 310 g/mol. The van der Waals surface area contributed by atoms with Crippen molar-refractivity contribution in [3.63, 3.8) is 0 Å². The largest absolute Gasteiger partial charge is 0.465 e. The summed E-state index contributed by atoms with van der Waals surface area (Å²) in [6, 6.07) is 5.17. The molecule has 0 bridgehead atoms. The summed E-state index contributed by atoms with van der Waals surface area (Å²) in [6.45, 7) is 1.83. The molecule has 0 spiro atoms. The molecular formula is C14H14BrNO3. The molecule has 0 atom stereocenters. The molecule has 100 valence electrons. The summed E-state index contributed by atoms with van der Waals surface area (Å²) in [5, 5.41) is 3.23. The predicted octanol–water partition coefficient (Wildman–Crippen LogP) is 3.28. The van der Waals surface area contributed by atoms with Crippen LogP contribution in [0.5, 0.6) is 0 Å². The molecule has 4 nitrogen and oxygen atoms in total. The van der Waals surface area contributed by atoms with Gasteiger partial charge in [-0.25, -0.2) is 4.79 Å². The van der Waals surface area contributed by atoms with Crippen molar-refractivity contribution in [2.24, 2.45) is 0 Å². The number of hydrogen-bond acceptors (Lipinski definition) is 4. The van der Waals surface area contributed by atoms with Gasteiger partial charge in [-0.15, -0.1) is 0 Å². The fourth-order valence-corrected chi connectivity index (χ4v) is 2.44. The number of Topliss-reactive ketones (excluding diaryl/α,β-unsaturated/α-hetero) is 1. The van der Waals surface area contributed by atoms with Gasteiger partial charge in [-0.2, -0.15) is 0 Å². The summed E-state index contributed by atoms with van der Waals surface area (Å²) in [7, 11) is 1.35. The van der Waals surface area contributed by atoms with Crippen molar-refractivity contribution in [1.29, 1.82) is 0 Å². The molecule has 19 heavy (non-hydrogen) atoms. The van der Waals surface area contributed by atoms with E-state index in [0.717, 1.165) is 27.9 Å². The summed E-state index contributed by atoms with van der Waals surface area (Å²) in [5.74, 6) is -0.191. The number of ketones is 1. The molecule has 1 aromatic carbocycles. The first-order valence-electron chi connectivity index (χ1n) is 5.90. The lowest BCUT2D eigenvalue weighted by atomic mass is 10.2. The van der Waals surface area contributed by atoms with Crippen LogP contribution in [0.1, 0.15) is 30.1 Å². The number of carbonyl (C=O) groups is 2. The Bertz CT molecular complexity index is 578. The Kier molecular flexibility index (Phi) is 4.04. The zero-order valence-corrected chi connectivity index (χ0v) is 12.3. The zero-order valence-electron chi connectivity index (χ0n) is 10.7. The molecule has 0 amide bonds. The molecule has 0 aromatic heterocycles. The average molecular weight is 324 g/mol. The summed E-state index contributed by atoms with van der Waals surface area (Å²) >= 11 is 3.41. The fraction of sp³-hybridized carbons (Fsp3) is 0.286. The first-order chi connectivity index (χ1) is 9.02. The van der Waals surface area contributed by atoms with E-state index in [2.05, 4.69) is 26.0 Å². The normalized spacial score (nSPS) is 14.8. The summed E-state index contributed by atoms with van der Waals surface area (Å²) in [5.41, 5.74) is 3.03. The van der Waals surface area contributed by atoms with Crippen LogP contribution in [-0.4, -0.2) is 18.9 Å². The van der Waals surface area contributed by atoms with E-state index in [1.807, 2.05) is 6.92 Å². The van der Waals surface area contributed by atoms with Crippen LogP contribution >= 0.6 is 15.9 Å². The van der Waals surface area contributed by atoms with E-state index in [1.54, 1.807) is 18.2 Å². The monoisotopic (exact) mass is 323 g/mol. The highest BCUT2D eigenvalue weighted by atomic mass is 79.9. The minimum atomic E-state index is -0.376. The third-order valence-corrected chi connectivity index (χ3v) is 3.80. The van der Waals surface area contributed by atoms with Gasteiger partial charge in [0.2, 0.25) is 0 Å². The van der Waals surface area contributed by atoms with Gasteiger partial charge < -0.3 is 10.1 Å². The molecule has 0 saturated heterocycles. The number of anilines is 1. The van der Waals surface area contributed by atoms with Crippen molar-refractivity contribution in [3.8, 4) is 0 Å². The Balaban J connectivity index is 2.23. The van der Waals surface area contributed by atoms with E-state index >= 15 is 0 Å². The number of hydrogen-bond donors (Lipinski definition) is 1. The van der Waals surface area contributed by atoms with Crippen LogP contribution in [0.2, 0.25) is 0 Å². The highest BCUT2D eigenvalue weighted by Crippen LogP contribution is 2.29. The maximum absolute atomic E-state index is 11.5. The quantitative estimate of drug-likeness (QED) is 0.867. The molecule has 0 aliphatic heterocycles. The van der Waals surface area contributed by atoms with Gasteiger partial charge >= 0.3 is 5.97 Å². The van der Waals surface area contributed by atoms with Gasteiger partial charge in [0.05, 0.1) is 18.4 Å². The van der Waals surface area contributed by atoms with Gasteiger partial charge in [0.1, 0.15) is 0 Å². The van der Waals surface area contributed by atoms with Crippen LogP contribution in [0.4, 0.5) is 5.69 Å². The average Bonchev–Trinajstić information content (AvgIpc) is 2.72. The number of halogens is 1. The first kappa shape index (κ1) is 13.8. The number of esters is 1. The number of allylic oxidation sites excluding steroid dienone is 2. The molecule has 0 unspecified atom stereocenters. The van der Waals surface area contributed by atoms with Crippen molar-refractivity contribution in [2.45, 2.75) is 19.8 Å². The summed E-state index contributed by atoms with van der Waals surface area (Å²) in [4.78, 5) is 22.9. The van der Waals surface area contributed by atoms with Gasteiger partial charge in [-0.3, -0.25) is 4.79 Å². The van der Waals surface area contributed by atoms with Gasteiger partial charge in [0, 0.05) is 22.2 Å². The van der Waals surface area contributed by atoms with Crippen molar-refractivity contribution in [1.82, 2.24) is 0 Å². The highest BCUT2D eigenvalue weighted by Gasteiger charge is 2.19. The van der Waals surface area contributed by atoms with E-state index in [1.165, 1.54) is 7.11 Å². The maximum atomic E-state index is 11.5. The maximum Gasteiger partial charge on any atom is 0.337 e. The summed E-state index contributed by atoms with van der Waals surface area (Å²) < 4.78 is 5.42. The van der Waals surface area contributed by atoms with E-state index < -0.39 is 0 Å². The lowest BCUT2D eigenvalue weighted by molar-refractivity contribution is -0.114. The molecule has 5 heteroatoms. The number of benzene rings is 1. The molecule has 2 rings (SSSR count). The number of ether oxygens (including phenoxy) is 1. The van der Waals surface area contributed by atoms with Crippen LogP contribution in [0.3, 0.4) is 0 Å². The molecule has 1 N–H and O–H groups in total. The standard InChI is InChI=1S/C14H14BrNO3/c1-8-11(5-6-13(8)17)16-12-4-3-9(7-10(12)15)14(18)19-2/h3-4,7,16H,5-6H2,1-2H3. The van der Waals surface area contributed by atoms with Crippen LogP contribution in [0, 0.1) is 0 Å². The minimum absolute atomic E-state index is 0.185. The van der Waals surface area contributed by atoms with Gasteiger partial charge in [-0.05, 0) is 47.5 Å². The molecule has 1 aliphatic rings. The van der Waals surface area contributed by atoms with Crippen LogP contribution in [0.25, 0.3) is 0 Å². The van der Waals surface area contributed by atoms with Crippen LogP contribution in [0.15, 0.2) is 33.9 Å². The number of rotatable bonds is 3. The number of nitrogens with one attached hydrogen (secondary N) is 1. The predicted molar refractivity (Wildman–Crippen MR) is 76.0 cm³/mol. The molecule has 1 aromatic rings. The molecule has 0 fully saturated rings. The Morgan fingerprint density at radius 2 is 2.11 bits per heavy atom. The summed E-state index contributed by atoms with van der Waals surface area (Å²) in [6.07, 6.45) is 1.29. The van der Waals surface area contributed by atoms with Crippen molar-refractivity contribution in [3.05, 3.63) is 39.5 Å². The van der Waals surface area contributed by atoms with Crippen molar-refractivity contribution >= 4 is 33.4 Å². The molecule has 0 heterocycles. The number of carbonyl (C=O) groups excluding carboxylic acids is 2. The van der Waals surface area contributed by atoms with Gasteiger partial charge in [0.25, 0.3) is 0 Å². The third-order valence-electron chi connectivity index (χ3n) is 3.15. The minimum Gasteiger partial charge on any atom is -0.465 e. The smallest absolute Gasteiger partial charge is 0.337 e.